The second-order valence-corrected chi connectivity index (χ2v) is 6.68. The lowest BCUT2D eigenvalue weighted by Gasteiger charge is -2.20. The number of benzene rings is 1. The zero-order valence-electron chi connectivity index (χ0n) is 13.2. The number of hydrogen-bond donors (Lipinski definition) is 0. The lowest BCUT2D eigenvalue weighted by molar-refractivity contribution is 0.0705. The van der Waals surface area contributed by atoms with E-state index in [-0.39, 0.29) is 5.91 Å². The van der Waals surface area contributed by atoms with Crippen LogP contribution in [0.1, 0.15) is 21.9 Å². The first-order valence-corrected chi connectivity index (χ1v) is 8.97. The fourth-order valence-corrected chi connectivity index (χ4v) is 2.87. The Morgan fingerprint density at radius 3 is 1.92 bits per heavy atom. The molecule has 1 atom stereocenters. The molecule has 3 rings (SSSR count). The van der Waals surface area contributed by atoms with Crippen molar-refractivity contribution in [3.63, 3.8) is 0 Å². The molecule has 124 valence electrons. The molecular weight excluding hydrogens is 326 g/mol. The summed E-state index contributed by atoms with van der Waals surface area (Å²) in [6, 6.07) is 14.0. The average Bonchev–Trinajstić information content (AvgIpc) is 3.27. The standard InChI is InChI=1S/C18H17NO4S/c1-24(21)17-8-6-14(7-9-17)18(20)19(12-15-4-2-10-22-15)13-16-5-3-11-23-16/h2-11H,12-13H2,1H3. The second-order valence-electron chi connectivity index (χ2n) is 5.30. The molecule has 0 saturated carbocycles. The molecule has 0 fully saturated rings. The van der Waals surface area contributed by atoms with Crippen molar-refractivity contribution in [1.29, 1.82) is 0 Å². The maximum absolute atomic E-state index is 12.8. The van der Waals surface area contributed by atoms with Crippen molar-refractivity contribution in [2.24, 2.45) is 0 Å². The first-order valence-electron chi connectivity index (χ1n) is 7.41. The van der Waals surface area contributed by atoms with Gasteiger partial charge in [-0.2, -0.15) is 0 Å². The predicted octanol–water partition coefficient (Wildman–Crippen LogP) is 3.45. The molecular formula is C18H17NO4S. The minimum absolute atomic E-state index is 0.142. The maximum atomic E-state index is 12.8. The molecule has 0 aliphatic carbocycles. The lowest BCUT2D eigenvalue weighted by atomic mass is 10.2. The van der Waals surface area contributed by atoms with E-state index in [1.807, 2.05) is 12.1 Å². The van der Waals surface area contributed by atoms with E-state index in [4.69, 9.17) is 8.83 Å². The van der Waals surface area contributed by atoms with Crippen LogP contribution in [-0.4, -0.2) is 21.3 Å². The number of carbonyl (C=O) groups excluding carboxylic acids is 1. The number of nitrogens with zero attached hydrogens (tertiary/aromatic N) is 1. The van der Waals surface area contributed by atoms with Crippen molar-refractivity contribution in [1.82, 2.24) is 4.90 Å². The van der Waals surface area contributed by atoms with Gasteiger partial charge in [0.1, 0.15) is 11.5 Å². The molecule has 1 aromatic carbocycles. The van der Waals surface area contributed by atoms with E-state index >= 15 is 0 Å². The lowest BCUT2D eigenvalue weighted by Crippen LogP contribution is -2.29. The highest BCUT2D eigenvalue weighted by molar-refractivity contribution is 7.84. The Balaban J connectivity index is 1.82. The number of hydrogen-bond acceptors (Lipinski definition) is 4. The number of amides is 1. The van der Waals surface area contributed by atoms with E-state index < -0.39 is 10.8 Å². The summed E-state index contributed by atoms with van der Waals surface area (Å²) in [5, 5.41) is 0. The molecule has 1 amide bonds. The van der Waals surface area contributed by atoms with Crippen molar-refractivity contribution in [2.45, 2.75) is 18.0 Å². The molecule has 2 heterocycles. The average molecular weight is 343 g/mol. The summed E-state index contributed by atoms with van der Waals surface area (Å²) in [6.45, 7) is 0.683. The quantitative estimate of drug-likeness (QED) is 0.688. The third kappa shape index (κ3) is 3.83. The topological polar surface area (TPSA) is 63.7 Å². The summed E-state index contributed by atoms with van der Waals surface area (Å²) >= 11 is 0. The SMILES string of the molecule is CS(=O)c1ccc(C(=O)N(Cc2ccco2)Cc2ccco2)cc1. The first-order chi connectivity index (χ1) is 11.6. The highest BCUT2D eigenvalue weighted by Crippen LogP contribution is 2.16. The Kier molecular flexibility index (Phi) is 4.96. The largest absolute Gasteiger partial charge is 0.467 e. The zero-order valence-corrected chi connectivity index (χ0v) is 14.0. The fourth-order valence-electron chi connectivity index (χ4n) is 2.35. The van der Waals surface area contributed by atoms with Gasteiger partial charge in [-0.3, -0.25) is 9.00 Å². The summed E-state index contributed by atoms with van der Waals surface area (Å²) in [5.41, 5.74) is 0.530. The van der Waals surface area contributed by atoms with Crippen LogP contribution in [0.25, 0.3) is 0 Å². The predicted molar refractivity (Wildman–Crippen MR) is 89.8 cm³/mol. The van der Waals surface area contributed by atoms with Crippen LogP contribution in [0.15, 0.2) is 74.8 Å². The van der Waals surface area contributed by atoms with Gasteiger partial charge in [-0.15, -0.1) is 0 Å². The first kappa shape index (κ1) is 16.3. The molecule has 24 heavy (non-hydrogen) atoms. The summed E-state index contributed by atoms with van der Waals surface area (Å²) in [6.07, 6.45) is 4.77. The molecule has 0 radical (unpaired) electrons. The van der Waals surface area contributed by atoms with Gasteiger partial charge in [-0.1, -0.05) is 0 Å². The van der Waals surface area contributed by atoms with E-state index in [1.54, 1.807) is 60.1 Å². The van der Waals surface area contributed by atoms with Gasteiger partial charge < -0.3 is 13.7 Å². The van der Waals surface area contributed by atoms with Gasteiger partial charge in [0.15, 0.2) is 0 Å². The van der Waals surface area contributed by atoms with Gasteiger partial charge in [0.2, 0.25) is 0 Å². The van der Waals surface area contributed by atoms with Crippen molar-refractivity contribution in [2.75, 3.05) is 6.26 Å². The van der Waals surface area contributed by atoms with E-state index in [9.17, 15) is 9.00 Å². The van der Waals surface area contributed by atoms with Gasteiger partial charge in [-0.05, 0) is 48.5 Å². The minimum Gasteiger partial charge on any atom is -0.467 e. The summed E-state index contributed by atoms with van der Waals surface area (Å²) in [5.74, 6) is 1.25. The van der Waals surface area contributed by atoms with Crippen molar-refractivity contribution in [3.8, 4) is 0 Å². The number of rotatable bonds is 6. The van der Waals surface area contributed by atoms with Gasteiger partial charge in [0.05, 0.1) is 25.6 Å². The van der Waals surface area contributed by atoms with Crippen molar-refractivity contribution >= 4 is 16.7 Å². The summed E-state index contributed by atoms with van der Waals surface area (Å²) in [7, 11) is -1.07. The molecule has 3 aromatic rings. The van der Waals surface area contributed by atoms with Crippen LogP contribution in [0.2, 0.25) is 0 Å². The molecule has 2 aromatic heterocycles. The Labute approximate surface area is 142 Å². The Morgan fingerprint density at radius 1 is 0.958 bits per heavy atom. The highest BCUT2D eigenvalue weighted by Gasteiger charge is 2.19. The van der Waals surface area contributed by atoms with Gasteiger partial charge in [0, 0.05) is 27.5 Å². The molecule has 0 bridgehead atoms. The summed E-state index contributed by atoms with van der Waals surface area (Å²) < 4.78 is 22.2. The van der Waals surface area contributed by atoms with Crippen LogP contribution in [0.5, 0.6) is 0 Å². The van der Waals surface area contributed by atoms with Crippen LogP contribution >= 0.6 is 0 Å². The Bertz CT molecular complexity index is 771. The monoisotopic (exact) mass is 343 g/mol. The second kappa shape index (κ2) is 7.31. The molecule has 1 unspecified atom stereocenters. The van der Waals surface area contributed by atoms with Crippen LogP contribution in [0.3, 0.4) is 0 Å². The third-order valence-corrected chi connectivity index (χ3v) is 4.51. The molecule has 0 aliphatic rings. The van der Waals surface area contributed by atoms with Crippen LogP contribution in [-0.2, 0) is 23.9 Å². The van der Waals surface area contributed by atoms with Crippen molar-refractivity contribution in [3.05, 3.63) is 78.1 Å². The van der Waals surface area contributed by atoms with E-state index in [0.29, 0.717) is 35.1 Å². The number of carbonyl (C=O) groups is 1. The molecule has 0 aliphatic heterocycles. The molecule has 0 saturated heterocycles. The van der Waals surface area contributed by atoms with Crippen LogP contribution in [0, 0.1) is 0 Å². The van der Waals surface area contributed by atoms with Crippen LogP contribution in [0.4, 0.5) is 0 Å². The number of furan rings is 2. The van der Waals surface area contributed by atoms with Gasteiger partial charge in [-0.25, -0.2) is 0 Å². The Hall–Kier alpha value is -2.60. The maximum Gasteiger partial charge on any atom is 0.254 e. The van der Waals surface area contributed by atoms with E-state index in [0.717, 1.165) is 0 Å². The van der Waals surface area contributed by atoms with Crippen LogP contribution < -0.4 is 0 Å². The van der Waals surface area contributed by atoms with Gasteiger partial charge in [0.25, 0.3) is 5.91 Å². The smallest absolute Gasteiger partial charge is 0.254 e. The zero-order chi connectivity index (χ0) is 16.9. The van der Waals surface area contributed by atoms with Crippen molar-refractivity contribution < 1.29 is 17.8 Å². The molecule has 0 spiro atoms. The highest BCUT2D eigenvalue weighted by atomic mass is 32.2. The molecule has 5 nitrogen and oxygen atoms in total. The normalized spacial score (nSPS) is 12.0. The molecule has 6 heteroatoms. The van der Waals surface area contributed by atoms with Gasteiger partial charge >= 0.3 is 0 Å². The minimum atomic E-state index is -1.07. The summed E-state index contributed by atoms with van der Waals surface area (Å²) in [4.78, 5) is 15.2. The fraction of sp³-hybridized carbons (Fsp3) is 0.167. The third-order valence-electron chi connectivity index (χ3n) is 3.57. The van der Waals surface area contributed by atoms with E-state index in [1.165, 1.54) is 0 Å². The van der Waals surface area contributed by atoms with E-state index in [2.05, 4.69) is 0 Å². The molecule has 0 N–H and O–H groups in total. The Morgan fingerprint density at radius 2 is 1.50 bits per heavy atom.